The van der Waals surface area contributed by atoms with Crippen LogP contribution in [0.1, 0.15) is 29.2 Å². The van der Waals surface area contributed by atoms with E-state index in [1.165, 1.54) is 0 Å². The van der Waals surface area contributed by atoms with E-state index in [0.717, 1.165) is 11.3 Å². The van der Waals surface area contributed by atoms with E-state index in [2.05, 4.69) is 4.98 Å². The summed E-state index contributed by atoms with van der Waals surface area (Å²) in [6, 6.07) is 20.0. The summed E-state index contributed by atoms with van der Waals surface area (Å²) in [4.78, 5) is 29.2. The first-order chi connectivity index (χ1) is 14.7. The van der Waals surface area contributed by atoms with Gasteiger partial charge in [-0.05, 0) is 42.0 Å². The summed E-state index contributed by atoms with van der Waals surface area (Å²) >= 11 is 0. The van der Waals surface area contributed by atoms with Crippen LogP contribution in [0, 0.1) is 0 Å². The van der Waals surface area contributed by atoms with E-state index in [4.69, 9.17) is 13.9 Å². The van der Waals surface area contributed by atoms with Gasteiger partial charge in [0.15, 0.2) is 5.75 Å². The van der Waals surface area contributed by atoms with Crippen molar-refractivity contribution >= 4 is 16.9 Å². The Morgan fingerprint density at radius 3 is 2.57 bits per heavy atom. The van der Waals surface area contributed by atoms with Crippen molar-refractivity contribution in [2.75, 3.05) is 0 Å². The molecule has 1 aliphatic heterocycles. The maximum absolute atomic E-state index is 12.7. The Morgan fingerprint density at radius 1 is 0.967 bits per heavy atom. The molecular weight excluding hydrogens is 382 g/mol. The second kappa shape index (κ2) is 7.48. The highest BCUT2D eigenvalue weighted by molar-refractivity contribution is 5.90. The molecule has 0 spiro atoms. The third-order valence-corrected chi connectivity index (χ3v) is 5.13. The number of para-hydroxylation sites is 1. The van der Waals surface area contributed by atoms with Gasteiger partial charge in [0.1, 0.15) is 17.9 Å². The van der Waals surface area contributed by atoms with Crippen molar-refractivity contribution < 1.29 is 18.7 Å². The number of aromatic nitrogens is 1. The zero-order valence-corrected chi connectivity index (χ0v) is 15.9. The number of pyridine rings is 1. The molecule has 0 unspecified atom stereocenters. The summed E-state index contributed by atoms with van der Waals surface area (Å²) < 4.78 is 16.7. The van der Waals surface area contributed by atoms with E-state index in [1.807, 2.05) is 48.5 Å². The lowest BCUT2D eigenvalue weighted by Gasteiger charge is -2.24. The van der Waals surface area contributed by atoms with E-state index < -0.39 is 11.5 Å². The Balaban J connectivity index is 1.47. The lowest BCUT2D eigenvalue weighted by Crippen LogP contribution is -2.26. The topological polar surface area (TPSA) is 78.6 Å². The molecule has 0 N–H and O–H groups in total. The number of fused-ring (bicyclic) bond motifs is 3. The molecule has 2 aromatic carbocycles. The van der Waals surface area contributed by atoms with Crippen LogP contribution >= 0.6 is 0 Å². The van der Waals surface area contributed by atoms with Gasteiger partial charge in [0, 0.05) is 12.1 Å². The van der Waals surface area contributed by atoms with E-state index in [9.17, 15) is 9.59 Å². The normalized spacial score (nSPS) is 15.5. The van der Waals surface area contributed by atoms with Gasteiger partial charge >= 0.3 is 11.6 Å². The predicted octanol–water partition coefficient (Wildman–Crippen LogP) is 4.21. The first-order valence-corrected chi connectivity index (χ1v) is 9.58. The maximum atomic E-state index is 12.7. The van der Waals surface area contributed by atoms with Crippen LogP contribution in [0.15, 0.2) is 82.1 Å². The second-order valence-corrected chi connectivity index (χ2v) is 7.04. The van der Waals surface area contributed by atoms with Crippen LogP contribution in [0.4, 0.5) is 0 Å². The first kappa shape index (κ1) is 18.1. The van der Waals surface area contributed by atoms with Gasteiger partial charge in [0.05, 0.1) is 23.1 Å². The Kier molecular flexibility index (Phi) is 4.52. The maximum Gasteiger partial charge on any atom is 0.343 e. The fourth-order valence-electron chi connectivity index (χ4n) is 3.69. The number of ether oxygens (including phenoxy) is 2. The van der Waals surface area contributed by atoms with Gasteiger partial charge in [0.2, 0.25) is 0 Å². The molecule has 0 saturated heterocycles. The molecule has 0 radical (unpaired) electrons. The van der Waals surface area contributed by atoms with Crippen molar-refractivity contribution in [3.63, 3.8) is 0 Å². The smallest absolute Gasteiger partial charge is 0.343 e. The summed E-state index contributed by atoms with van der Waals surface area (Å²) in [6.07, 6.45) is 1.79. The number of carbonyl (C=O) groups excluding carboxylic acids is 1. The minimum atomic E-state index is -0.489. The van der Waals surface area contributed by atoms with Gasteiger partial charge in [-0.15, -0.1) is 0 Å². The summed E-state index contributed by atoms with van der Waals surface area (Å²) in [7, 11) is 0. The zero-order valence-electron chi connectivity index (χ0n) is 15.9. The van der Waals surface area contributed by atoms with Gasteiger partial charge in [-0.3, -0.25) is 9.78 Å². The zero-order chi connectivity index (χ0) is 20.5. The highest BCUT2D eigenvalue weighted by Crippen LogP contribution is 2.40. The van der Waals surface area contributed by atoms with E-state index in [-0.39, 0.29) is 12.4 Å². The van der Waals surface area contributed by atoms with Crippen LogP contribution in [0.25, 0.3) is 11.0 Å². The van der Waals surface area contributed by atoms with Gasteiger partial charge in [-0.25, -0.2) is 4.79 Å². The number of hydrogen-bond donors (Lipinski definition) is 0. The summed E-state index contributed by atoms with van der Waals surface area (Å²) in [5.74, 6) is 0.151. The molecule has 148 valence electrons. The molecule has 0 bridgehead atoms. The molecule has 0 fully saturated rings. The molecule has 0 saturated carbocycles. The summed E-state index contributed by atoms with van der Waals surface area (Å²) in [5, 5.41) is 0.612. The number of hydrogen-bond acceptors (Lipinski definition) is 6. The fraction of sp³-hybridized carbons (Fsp3) is 0.125. The quantitative estimate of drug-likeness (QED) is 0.378. The van der Waals surface area contributed by atoms with Gasteiger partial charge in [-0.2, -0.15) is 0 Å². The van der Waals surface area contributed by atoms with Crippen LogP contribution in [0.3, 0.4) is 0 Å². The molecular formula is C24H17NO5. The molecule has 4 aromatic rings. The minimum absolute atomic E-state index is 0.0737. The van der Waals surface area contributed by atoms with Crippen molar-refractivity contribution in [3.8, 4) is 11.5 Å². The molecule has 30 heavy (non-hydrogen) atoms. The van der Waals surface area contributed by atoms with Crippen LogP contribution in [-0.4, -0.2) is 11.0 Å². The average molecular weight is 399 g/mol. The van der Waals surface area contributed by atoms with Crippen LogP contribution in [0.2, 0.25) is 0 Å². The lowest BCUT2D eigenvalue weighted by atomic mass is 9.86. The predicted molar refractivity (Wildman–Crippen MR) is 110 cm³/mol. The van der Waals surface area contributed by atoms with E-state index in [1.54, 1.807) is 24.4 Å². The van der Waals surface area contributed by atoms with Crippen molar-refractivity contribution in [2.45, 2.75) is 18.9 Å². The van der Waals surface area contributed by atoms with Crippen LogP contribution in [0.5, 0.6) is 11.5 Å². The van der Waals surface area contributed by atoms with Crippen molar-refractivity contribution in [3.05, 3.63) is 100 Å². The highest BCUT2D eigenvalue weighted by Gasteiger charge is 2.33. The molecule has 2 aromatic heterocycles. The summed E-state index contributed by atoms with van der Waals surface area (Å²) in [5.41, 5.74) is 1.93. The van der Waals surface area contributed by atoms with Crippen LogP contribution in [-0.2, 0) is 11.4 Å². The molecule has 6 heteroatoms. The third kappa shape index (κ3) is 3.33. The number of esters is 1. The Bertz CT molecular complexity index is 1280. The van der Waals surface area contributed by atoms with Gasteiger partial charge in [0.25, 0.3) is 0 Å². The molecule has 5 rings (SSSR count). The third-order valence-electron chi connectivity index (χ3n) is 5.13. The fourth-order valence-corrected chi connectivity index (χ4v) is 3.69. The molecule has 0 amide bonds. The highest BCUT2D eigenvalue weighted by atomic mass is 16.5. The molecule has 3 heterocycles. The number of rotatable bonds is 4. The van der Waals surface area contributed by atoms with E-state index in [0.29, 0.717) is 34.6 Å². The van der Waals surface area contributed by atoms with E-state index >= 15 is 0 Å². The second-order valence-electron chi connectivity index (χ2n) is 7.04. The largest absolute Gasteiger partial charge is 0.487 e. The van der Waals surface area contributed by atoms with Gasteiger partial charge in [-0.1, -0.05) is 30.3 Å². The monoisotopic (exact) mass is 399 g/mol. The first-order valence-electron chi connectivity index (χ1n) is 9.58. The van der Waals surface area contributed by atoms with Crippen molar-refractivity contribution in [1.29, 1.82) is 0 Å². The summed E-state index contributed by atoms with van der Waals surface area (Å²) in [6.45, 7) is 0.356. The minimum Gasteiger partial charge on any atom is -0.487 e. The Morgan fingerprint density at radius 2 is 1.77 bits per heavy atom. The lowest BCUT2D eigenvalue weighted by molar-refractivity contribution is -0.135. The average Bonchev–Trinajstić information content (AvgIpc) is 2.78. The Hall–Kier alpha value is -3.93. The standard InChI is InChI=1S/C24H17NO5/c26-21-13-19(22-23(30-21)18-6-1-2-7-20(18)29-24(22)27)15-8-10-17(11-9-15)28-14-16-5-3-4-12-25-16/h1-12,19H,13-14H2/t19-/m1/s1. The van der Waals surface area contributed by atoms with Crippen molar-refractivity contribution in [2.24, 2.45) is 0 Å². The van der Waals surface area contributed by atoms with Crippen molar-refractivity contribution in [1.82, 2.24) is 4.98 Å². The number of benzene rings is 2. The number of carbonyl (C=O) groups is 1. The SMILES string of the molecule is O=C1C[C@H](c2ccc(OCc3ccccn3)cc2)c2c(c3ccccc3oc2=O)O1. The molecule has 1 aliphatic rings. The molecule has 0 aliphatic carbocycles. The molecule has 1 atom stereocenters. The Labute approximate surface area is 171 Å². The molecule has 6 nitrogen and oxygen atoms in total. The van der Waals surface area contributed by atoms with Crippen LogP contribution < -0.4 is 15.1 Å². The number of nitrogens with zero attached hydrogens (tertiary/aromatic N) is 1. The van der Waals surface area contributed by atoms with Gasteiger partial charge < -0.3 is 13.9 Å².